The molecule has 0 bridgehead atoms. The van der Waals surface area contributed by atoms with E-state index in [1.54, 1.807) is 0 Å². The van der Waals surface area contributed by atoms with E-state index in [4.69, 9.17) is 9.47 Å². The molecule has 1 aliphatic rings. The molecule has 1 atom stereocenters. The van der Waals surface area contributed by atoms with Crippen LogP contribution in [0.25, 0.3) is 0 Å². The molecule has 0 aliphatic carbocycles. The molecule has 0 amide bonds. The summed E-state index contributed by atoms with van der Waals surface area (Å²) in [6, 6.07) is 0. The summed E-state index contributed by atoms with van der Waals surface area (Å²) in [5.74, 6) is -0.225. The second kappa shape index (κ2) is 13.8. The van der Waals surface area contributed by atoms with Crippen LogP contribution in [0.2, 0.25) is 0 Å². The molecule has 0 N–H and O–H groups in total. The van der Waals surface area contributed by atoms with Crippen molar-refractivity contribution < 1.29 is 9.47 Å². The Morgan fingerprint density at radius 3 is 2.00 bits per heavy atom. The SMILES string of the molecule is CCCCC/C=C/C/C=C/CCCCCCCCOC1(C)CO1. The van der Waals surface area contributed by atoms with E-state index in [1.807, 2.05) is 6.92 Å². The first-order chi connectivity index (χ1) is 11.3. The summed E-state index contributed by atoms with van der Waals surface area (Å²) in [4.78, 5) is 0. The molecule has 0 saturated carbocycles. The van der Waals surface area contributed by atoms with Crippen LogP contribution in [-0.2, 0) is 9.47 Å². The summed E-state index contributed by atoms with van der Waals surface area (Å²) in [7, 11) is 0. The summed E-state index contributed by atoms with van der Waals surface area (Å²) >= 11 is 0. The lowest BCUT2D eigenvalue weighted by atomic mass is 10.1. The Morgan fingerprint density at radius 1 is 0.826 bits per heavy atom. The van der Waals surface area contributed by atoms with E-state index >= 15 is 0 Å². The highest BCUT2D eigenvalue weighted by atomic mass is 16.8. The largest absolute Gasteiger partial charge is 0.348 e. The van der Waals surface area contributed by atoms with E-state index in [1.165, 1.54) is 70.6 Å². The van der Waals surface area contributed by atoms with E-state index < -0.39 is 0 Å². The Hall–Kier alpha value is -0.600. The van der Waals surface area contributed by atoms with Gasteiger partial charge < -0.3 is 9.47 Å². The molecule has 1 heterocycles. The quantitative estimate of drug-likeness (QED) is 0.182. The molecule has 0 aromatic heterocycles. The molecule has 1 aliphatic heterocycles. The van der Waals surface area contributed by atoms with Crippen molar-refractivity contribution in [1.82, 2.24) is 0 Å². The van der Waals surface area contributed by atoms with Gasteiger partial charge in [-0.2, -0.15) is 0 Å². The molecule has 134 valence electrons. The van der Waals surface area contributed by atoms with Gasteiger partial charge in [0.25, 0.3) is 0 Å². The third-order valence-electron chi connectivity index (χ3n) is 4.30. The highest BCUT2D eigenvalue weighted by molar-refractivity contribution is 4.92. The van der Waals surface area contributed by atoms with Gasteiger partial charge in [0.2, 0.25) is 0 Å². The zero-order chi connectivity index (χ0) is 16.6. The molecule has 1 rings (SSSR count). The lowest BCUT2D eigenvalue weighted by molar-refractivity contribution is -0.0309. The fourth-order valence-electron chi connectivity index (χ4n) is 2.56. The van der Waals surface area contributed by atoms with Gasteiger partial charge in [-0.15, -0.1) is 0 Å². The first-order valence-electron chi connectivity index (χ1n) is 9.85. The predicted molar refractivity (Wildman–Crippen MR) is 99.7 cm³/mol. The highest BCUT2D eigenvalue weighted by Crippen LogP contribution is 2.27. The second-order valence-electron chi connectivity index (χ2n) is 6.86. The Balaban J connectivity index is 1.72. The smallest absolute Gasteiger partial charge is 0.189 e. The van der Waals surface area contributed by atoms with Gasteiger partial charge in [-0.1, -0.05) is 69.8 Å². The number of epoxide rings is 1. The van der Waals surface area contributed by atoms with Gasteiger partial charge in [0, 0.05) is 0 Å². The highest BCUT2D eigenvalue weighted by Gasteiger charge is 2.40. The minimum absolute atomic E-state index is 0.225. The topological polar surface area (TPSA) is 21.8 Å². The monoisotopic (exact) mass is 322 g/mol. The minimum atomic E-state index is -0.225. The molecule has 0 aromatic carbocycles. The summed E-state index contributed by atoms with van der Waals surface area (Å²) in [5.41, 5.74) is 0. The van der Waals surface area contributed by atoms with Gasteiger partial charge in [0.15, 0.2) is 5.79 Å². The van der Waals surface area contributed by atoms with E-state index in [-0.39, 0.29) is 5.79 Å². The van der Waals surface area contributed by atoms with Gasteiger partial charge in [-0.3, -0.25) is 0 Å². The summed E-state index contributed by atoms with van der Waals surface area (Å²) in [5, 5.41) is 0. The van der Waals surface area contributed by atoms with Crippen molar-refractivity contribution in [2.45, 2.75) is 96.7 Å². The average Bonchev–Trinajstić information content (AvgIpc) is 3.28. The molecule has 0 spiro atoms. The van der Waals surface area contributed by atoms with Gasteiger partial charge in [0.1, 0.15) is 6.61 Å². The second-order valence-corrected chi connectivity index (χ2v) is 6.86. The van der Waals surface area contributed by atoms with E-state index in [9.17, 15) is 0 Å². The summed E-state index contributed by atoms with van der Waals surface area (Å²) < 4.78 is 10.8. The first kappa shape index (κ1) is 20.4. The fourth-order valence-corrected chi connectivity index (χ4v) is 2.56. The van der Waals surface area contributed by atoms with Crippen LogP contribution in [0.4, 0.5) is 0 Å². The Bertz CT molecular complexity index is 316. The van der Waals surface area contributed by atoms with Crippen LogP contribution in [0, 0.1) is 0 Å². The Labute approximate surface area is 144 Å². The zero-order valence-electron chi connectivity index (χ0n) is 15.5. The fraction of sp³-hybridized carbons (Fsp3) is 0.810. The maximum absolute atomic E-state index is 5.62. The molecular weight excluding hydrogens is 284 g/mol. The standard InChI is InChI=1S/C21H38O2/c1-3-4-5-6-7-8-9-10-11-12-13-14-15-16-17-18-19-22-21(2)20-23-21/h7-8,10-11H,3-6,9,12-20H2,1-2H3/b8-7+,11-10+. The summed E-state index contributed by atoms with van der Waals surface area (Å²) in [6.45, 7) is 5.90. The number of hydrogen-bond donors (Lipinski definition) is 0. The van der Waals surface area contributed by atoms with Gasteiger partial charge in [-0.25, -0.2) is 0 Å². The number of unbranched alkanes of at least 4 members (excludes halogenated alkanes) is 9. The van der Waals surface area contributed by atoms with Gasteiger partial charge in [0.05, 0.1) is 6.61 Å². The van der Waals surface area contributed by atoms with Crippen molar-refractivity contribution >= 4 is 0 Å². The molecule has 2 nitrogen and oxygen atoms in total. The molecule has 0 radical (unpaired) electrons. The minimum Gasteiger partial charge on any atom is -0.348 e. The van der Waals surface area contributed by atoms with Crippen LogP contribution >= 0.6 is 0 Å². The van der Waals surface area contributed by atoms with Crippen molar-refractivity contribution in [2.24, 2.45) is 0 Å². The predicted octanol–water partition coefficient (Wildman–Crippen LogP) is 6.56. The molecule has 23 heavy (non-hydrogen) atoms. The Morgan fingerprint density at radius 2 is 1.39 bits per heavy atom. The van der Waals surface area contributed by atoms with Crippen LogP contribution in [0.15, 0.2) is 24.3 Å². The normalized spacial score (nSPS) is 20.8. The lowest BCUT2D eigenvalue weighted by Crippen LogP contribution is -2.11. The molecule has 1 fully saturated rings. The third kappa shape index (κ3) is 13.5. The number of allylic oxidation sites excluding steroid dienone is 4. The Kier molecular flexibility index (Phi) is 12.3. The molecule has 1 unspecified atom stereocenters. The molecular formula is C21H38O2. The molecule has 0 aromatic rings. The van der Waals surface area contributed by atoms with Crippen LogP contribution in [-0.4, -0.2) is 19.0 Å². The van der Waals surface area contributed by atoms with Crippen molar-refractivity contribution in [2.75, 3.05) is 13.2 Å². The van der Waals surface area contributed by atoms with Gasteiger partial charge in [-0.05, 0) is 45.4 Å². The van der Waals surface area contributed by atoms with Crippen molar-refractivity contribution in [1.29, 1.82) is 0 Å². The maximum atomic E-state index is 5.62. The average molecular weight is 323 g/mol. The van der Waals surface area contributed by atoms with Crippen molar-refractivity contribution in [3.8, 4) is 0 Å². The summed E-state index contributed by atoms with van der Waals surface area (Å²) in [6.07, 6.45) is 24.8. The van der Waals surface area contributed by atoms with Gasteiger partial charge >= 0.3 is 0 Å². The number of hydrogen-bond acceptors (Lipinski definition) is 2. The van der Waals surface area contributed by atoms with Crippen molar-refractivity contribution in [3.05, 3.63) is 24.3 Å². The van der Waals surface area contributed by atoms with E-state index in [2.05, 4.69) is 31.2 Å². The number of ether oxygens (including phenoxy) is 2. The molecule has 2 heteroatoms. The van der Waals surface area contributed by atoms with E-state index in [0.29, 0.717) is 0 Å². The van der Waals surface area contributed by atoms with Crippen molar-refractivity contribution in [3.63, 3.8) is 0 Å². The van der Waals surface area contributed by atoms with Crippen LogP contribution in [0.5, 0.6) is 0 Å². The van der Waals surface area contributed by atoms with Crippen LogP contribution in [0.3, 0.4) is 0 Å². The zero-order valence-corrected chi connectivity index (χ0v) is 15.5. The molecule has 1 saturated heterocycles. The van der Waals surface area contributed by atoms with E-state index in [0.717, 1.165) is 19.6 Å². The number of rotatable bonds is 16. The van der Waals surface area contributed by atoms with Crippen LogP contribution in [0.1, 0.15) is 90.9 Å². The first-order valence-corrected chi connectivity index (χ1v) is 9.85. The maximum Gasteiger partial charge on any atom is 0.189 e. The lowest BCUT2D eigenvalue weighted by Gasteiger charge is -2.06. The third-order valence-corrected chi connectivity index (χ3v) is 4.30. The van der Waals surface area contributed by atoms with Crippen LogP contribution < -0.4 is 0 Å².